The van der Waals surface area contributed by atoms with Gasteiger partial charge >= 0.3 is 0 Å². The Morgan fingerprint density at radius 2 is 1.60 bits per heavy atom. The molecule has 1 unspecified atom stereocenters. The summed E-state index contributed by atoms with van der Waals surface area (Å²) in [6.45, 7) is 6.93. The number of nitrogens with two attached hydrogens (primary N) is 1. The molecule has 0 spiro atoms. The lowest BCUT2D eigenvalue weighted by Gasteiger charge is -2.36. The van der Waals surface area contributed by atoms with E-state index < -0.39 is 0 Å². The Hall–Kier alpha value is -0.0400. The summed E-state index contributed by atoms with van der Waals surface area (Å²) in [6, 6.07) is 0.454. The monoisotopic (exact) mass is 211 g/mol. The third-order valence-corrected chi connectivity index (χ3v) is 4.83. The van der Waals surface area contributed by atoms with Gasteiger partial charge in [-0.15, -0.1) is 0 Å². The van der Waals surface area contributed by atoms with Gasteiger partial charge in [0.2, 0.25) is 0 Å². The first-order valence-electron chi connectivity index (χ1n) is 6.94. The number of rotatable bonds is 6. The molecule has 1 heteroatoms. The Morgan fingerprint density at radius 3 is 2.00 bits per heavy atom. The molecule has 1 aliphatic carbocycles. The van der Waals surface area contributed by atoms with Crippen molar-refractivity contribution in [1.82, 2.24) is 0 Å². The molecule has 90 valence electrons. The Kier molecular flexibility index (Phi) is 5.11. The van der Waals surface area contributed by atoms with Crippen molar-refractivity contribution in [3.8, 4) is 0 Å². The van der Waals surface area contributed by atoms with Crippen molar-refractivity contribution in [3.63, 3.8) is 0 Å². The van der Waals surface area contributed by atoms with Gasteiger partial charge in [0.05, 0.1) is 0 Å². The molecular formula is C14H29N. The van der Waals surface area contributed by atoms with E-state index in [2.05, 4.69) is 20.8 Å². The van der Waals surface area contributed by atoms with E-state index in [4.69, 9.17) is 5.73 Å². The van der Waals surface area contributed by atoms with Gasteiger partial charge in [-0.2, -0.15) is 0 Å². The fourth-order valence-electron chi connectivity index (χ4n) is 3.30. The molecule has 0 bridgehead atoms. The van der Waals surface area contributed by atoms with Crippen LogP contribution in [0.2, 0.25) is 0 Å². The van der Waals surface area contributed by atoms with Crippen LogP contribution >= 0.6 is 0 Å². The SMILES string of the molecule is CCC(CC)CC(N)C1(CC)CCCC1. The standard InChI is InChI=1S/C14H29N/c1-4-12(5-2)11-13(15)14(6-3)9-7-8-10-14/h12-13H,4-11,15H2,1-3H3. The van der Waals surface area contributed by atoms with Crippen LogP contribution in [0.1, 0.15) is 72.1 Å². The van der Waals surface area contributed by atoms with Crippen LogP contribution in [0.5, 0.6) is 0 Å². The lowest BCUT2D eigenvalue weighted by molar-refractivity contribution is 0.188. The van der Waals surface area contributed by atoms with Gasteiger partial charge in [-0.05, 0) is 37.0 Å². The number of hydrogen-bond donors (Lipinski definition) is 1. The lowest BCUT2D eigenvalue weighted by atomic mass is 9.73. The molecule has 0 heterocycles. The van der Waals surface area contributed by atoms with E-state index in [9.17, 15) is 0 Å². The van der Waals surface area contributed by atoms with Crippen molar-refractivity contribution in [3.05, 3.63) is 0 Å². The minimum atomic E-state index is 0.454. The van der Waals surface area contributed by atoms with Gasteiger partial charge in [-0.25, -0.2) is 0 Å². The van der Waals surface area contributed by atoms with Crippen molar-refractivity contribution in [2.24, 2.45) is 17.1 Å². The van der Waals surface area contributed by atoms with E-state index in [1.807, 2.05) is 0 Å². The van der Waals surface area contributed by atoms with Crippen LogP contribution in [0, 0.1) is 11.3 Å². The molecule has 1 saturated carbocycles. The molecule has 0 amide bonds. The largest absolute Gasteiger partial charge is 0.327 e. The van der Waals surface area contributed by atoms with E-state index in [-0.39, 0.29) is 0 Å². The minimum absolute atomic E-state index is 0.454. The molecule has 0 aliphatic heterocycles. The van der Waals surface area contributed by atoms with E-state index in [0.717, 1.165) is 5.92 Å². The van der Waals surface area contributed by atoms with Gasteiger partial charge in [-0.1, -0.05) is 46.5 Å². The minimum Gasteiger partial charge on any atom is -0.327 e. The average Bonchev–Trinajstić information content (AvgIpc) is 2.75. The highest BCUT2D eigenvalue weighted by atomic mass is 14.7. The highest BCUT2D eigenvalue weighted by Crippen LogP contribution is 2.44. The molecule has 0 aromatic rings. The van der Waals surface area contributed by atoms with Crippen LogP contribution in [0.4, 0.5) is 0 Å². The first kappa shape index (κ1) is 13.0. The maximum absolute atomic E-state index is 6.48. The summed E-state index contributed by atoms with van der Waals surface area (Å²) in [4.78, 5) is 0. The van der Waals surface area contributed by atoms with Crippen molar-refractivity contribution in [2.45, 2.75) is 78.2 Å². The second kappa shape index (κ2) is 5.89. The Balaban J connectivity index is 2.53. The first-order chi connectivity index (χ1) is 7.18. The maximum atomic E-state index is 6.48. The fraction of sp³-hybridized carbons (Fsp3) is 1.00. The molecule has 0 aromatic heterocycles. The van der Waals surface area contributed by atoms with Crippen molar-refractivity contribution in [2.75, 3.05) is 0 Å². The highest BCUT2D eigenvalue weighted by molar-refractivity contribution is 4.92. The summed E-state index contributed by atoms with van der Waals surface area (Å²) >= 11 is 0. The van der Waals surface area contributed by atoms with Crippen LogP contribution in [0.3, 0.4) is 0 Å². The summed E-state index contributed by atoms with van der Waals surface area (Å²) < 4.78 is 0. The lowest BCUT2D eigenvalue weighted by Crippen LogP contribution is -2.40. The van der Waals surface area contributed by atoms with Crippen LogP contribution in [-0.2, 0) is 0 Å². The molecule has 1 fully saturated rings. The normalized spacial score (nSPS) is 22.2. The summed E-state index contributed by atoms with van der Waals surface area (Å²) in [5, 5.41) is 0. The Labute approximate surface area is 95.8 Å². The third-order valence-electron chi connectivity index (χ3n) is 4.83. The summed E-state index contributed by atoms with van der Waals surface area (Å²) in [5.74, 6) is 0.851. The van der Waals surface area contributed by atoms with Gasteiger partial charge in [0.15, 0.2) is 0 Å². The summed E-state index contributed by atoms with van der Waals surface area (Å²) in [6.07, 6.45) is 10.7. The van der Waals surface area contributed by atoms with Crippen molar-refractivity contribution < 1.29 is 0 Å². The first-order valence-corrected chi connectivity index (χ1v) is 6.94. The molecule has 15 heavy (non-hydrogen) atoms. The zero-order valence-electron chi connectivity index (χ0n) is 10.9. The molecular weight excluding hydrogens is 182 g/mol. The van der Waals surface area contributed by atoms with E-state index in [0.29, 0.717) is 11.5 Å². The van der Waals surface area contributed by atoms with Crippen LogP contribution < -0.4 is 5.73 Å². The van der Waals surface area contributed by atoms with Crippen molar-refractivity contribution >= 4 is 0 Å². The average molecular weight is 211 g/mol. The Bertz CT molecular complexity index is 166. The van der Waals surface area contributed by atoms with Gasteiger partial charge in [0.25, 0.3) is 0 Å². The van der Waals surface area contributed by atoms with E-state index in [1.165, 1.54) is 51.4 Å². The van der Waals surface area contributed by atoms with Crippen LogP contribution in [0.15, 0.2) is 0 Å². The van der Waals surface area contributed by atoms with Crippen molar-refractivity contribution in [1.29, 1.82) is 0 Å². The number of hydrogen-bond acceptors (Lipinski definition) is 1. The van der Waals surface area contributed by atoms with Crippen LogP contribution in [-0.4, -0.2) is 6.04 Å². The summed E-state index contributed by atoms with van der Waals surface area (Å²) in [5.41, 5.74) is 6.98. The van der Waals surface area contributed by atoms with Gasteiger partial charge in [-0.3, -0.25) is 0 Å². The van der Waals surface area contributed by atoms with E-state index in [1.54, 1.807) is 0 Å². The topological polar surface area (TPSA) is 26.0 Å². The highest BCUT2D eigenvalue weighted by Gasteiger charge is 2.38. The summed E-state index contributed by atoms with van der Waals surface area (Å²) in [7, 11) is 0. The predicted octanol–water partition coefficient (Wildman–Crippen LogP) is 4.11. The second-order valence-electron chi connectivity index (χ2n) is 5.45. The fourth-order valence-corrected chi connectivity index (χ4v) is 3.30. The molecule has 0 saturated heterocycles. The van der Waals surface area contributed by atoms with E-state index >= 15 is 0 Å². The smallest absolute Gasteiger partial charge is 0.00980 e. The van der Waals surface area contributed by atoms with Gasteiger partial charge < -0.3 is 5.73 Å². The zero-order chi connectivity index (χ0) is 11.3. The molecule has 1 nitrogen and oxygen atoms in total. The van der Waals surface area contributed by atoms with Gasteiger partial charge in [0, 0.05) is 6.04 Å². The van der Waals surface area contributed by atoms with Crippen LogP contribution in [0.25, 0.3) is 0 Å². The molecule has 0 radical (unpaired) electrons. The second-order valence-corrected chi connectivity index (χ2v) is 5.45. The molecule has 1 aliphatic rings. The predicted molar refractivity (Wildman–Crippen MR) is 67.9 cm³/mol. The Morgan fingerprint density at radius 1 is 1.07 bits per heavy atom. The molecule has 2 N–H and O–H groups in total. The maximum Gasteiger partial charge on any atom is 0.00980 e. The third kappa shape index (κ3) is 2.96. The van der Waals surface area contributed by atoms with Gasteiger partial charge in [0.1, 0.15) is 0 Å². The molecule has 1 atom stereocenters. The molecule has 1 rings (SSSR count). The molecule has 0 aromatic carbocycles. The quantitative estimate of drug-likeness (QED) is 0.703. The zero-order valence-corrected chi connectivity index (χ0v) is 10.9.